The van der Waals surface area contributed by atoms with Gasteiger partial charge in [-0.1, -0.05) is 57.5 Å². The molecule has 1 aliphatic rings. The monoisotopic (exact) mass is 533 g/mol. The summed E-state index contributed by atoms with van der Waals surface area (Å²) in [6.45, 7) is 2.01. The molecule has 0 bridgehead atoms. The van der Waals surface area contributed by atoms with Crippen LogP contribution in [-0.2, 0) is 4.79 Å². The number of fused-ring (bicyclic) bond motifs is 1. The van der Waals surface area contributed by atoms with Crippen LogP contribution in [0.2, 0.25) is 5.02 Å². The Bertz CT molecular complexity index is 1130. The van der Waals surface area contributed by atoms with E-state index in [2.05, 4.69) is 43.2 Å². The van der Waals surface area contributed by atoms with Crippen molar-refractivity contribution in [3.05, 3.63) is 85.3 Å². The lowest BCUT2D eigenvalue weighted by Crippen LogP contribution is -2.04. The van der Waals surface area contributed by atoms with Crippen LogP contribution in [-0.4, -0.2) is 5.91 Å². The molecule has 28 heavy (non-hydrogen) atoms. The third-order valence-corrected chi connectivity index (χ3v) is 7.29. The van der Waals surface area contributed by atoms with Gasteiger partial charge in [0.2, 0.25) is 0 Å². The smallest absolute Gasteiger partial charge is 0.256 e. The van der Waals surface area contributed by atoms with Gasteiger partial charge in [0.05, 0.1) is 5.69 Å². The Morgan fingerprint density at radius 1 is 1.04 bits per heavy atom. The van der Waals surface area contributed by atoms with Crippen molar-refractivity contribution in [1.29, 1.82) is 0 Å². The number of halogens is 3. The van der Waals surface area contributed by atoms with E-state index in [9.17, 15) is 4.79 Å². The van der Waals surface area contributed by atoms with E-state index < -0.39 is 0 Å². The van der Waals surface area contributed by atoms with Gasteiger partial charge in [-0.25, -0.2) is 0 Å². The minimum Gasteiger partial charge on any atom is -0.320 e. The van der Waals surface area contributed by atoms with Gasteiger partial charge in [-0.2, -0.15) is 0 Å². The average Bonchev–Trinajstić information content (AvgIpc) is 3.00. The maximum atomic E-state index is 12.7. The molecule has 1 aliphatic heterocycles. The van der Waals surface area contributed by atoms with Crippen LogP contribution in [0.4, 0.5) is 5.69 Å². The van der Waals surface area contributed by atoms with E-state index >= 15 is 0 Å². The Hall–Kier alpha value is -1.53. The van der Waals surface area contributed by atoms with Gasteiger partial charge in [0.1, 0.15) is 0 Å². The van der Waals surface area contributed by atoms with Gasteiger partial charge in [-0.15, -0.1) is 0 Å². The first-order valence-electron chi connectivity index (χ1n) is 8.48. The molecule has 0 spiro atoms. The maximum absolute atomic E-state index is 12.7. The molecule has 1 amide bonds. The second kappa shape index (κ2) is 8.07. The van der Waals surface area contributed by atoms with Crippen LogP contribution in [0.15, 0.2) is 73.3 Å². The van der Waals surface area contributed by atoms with E-state index in [0.717, 1.165) is 41.1 Å². The quantitative estimate of drug-likeness (QED) is 0.347. The number of hydrogen-bond acceptors (Lipinski definition) is 2. The Labute approximate surface area is 189 Å². The molecule has 6 heteroatoms. The highest BCUT2D eigenvalue weighted by atomic mass is 79.9. The van der Waals surface area contributed by atoms with Gasteiger partial charge in [0.25, 0.3) is 5.91 Å². The lowest BCUT2D eigenvalue weighted by atomic mass is 9.99. The van der Waals surface area contributed by atoms with E-state index in [1.807, 2.05) is 61.5 Å². The number of carbonyl (C=O) groups excluding carboxylic acids is 1. The van der Waals surface area contributed by atoms with Gasteiger partial charge >= 0.3 is 0 Å². The molecule has 0 aromatic heterocycles. The van der Waals surface area contributed by atoms with Crippen LogP contribution in [0.5, 0.6) is 0 Å². The fraction of sp³-hybridized carbons (Fsp3) is 0.0455. The SMILES string of the molecule is Cc1c(Br)cc(Br)c2c1C(=Cc1ccccc1Sc1ccc(Cl)cc1)C(=O)N2. The van der Waals surface area contributed by atoms with Crippen molar-refractivity contribution < 1.29 is 4.79 Å². The van der Waals surface area contributed by atoms with Gasteiger partial charge in [0.15, 0.2) is 0 Å². The number of anilines is 1. The molecule has 1 heterocycles. The first-order chi connectivity index (χ1) is 13.4. The molecule has 140 valence electrons. The summed E-state index contributed by atoms with van der Waals surface area (Å²) in [5, 5.41) is 3.70. The fourth-order valence-corrected chi connectivity index (χ4v) is 5.39. The Kier molecular flexibility index (Phi) is 5.70. The summed E-state index contributed by atoms with van der Waals surface area (Å²) < 4.78 is 1.82. The van der Waals surface area contributed by atoms with E-state index in [0.29, 0.717) is 10.6 Å². The summed E-state index contributed by atoms with van der Waals surface area (Å²) in [7, 11) is 0. The lowest BCUT2D eigenvalue weighted by Gasteiger charge is -2.10. The molecule has 3 aromatic carbocycles. The molecular formula is C22H14Br2ClNOS. The zero-order valence-corrected chi connectivity index (χ0v) is 19.5. The van der Waals surface area contributed by atoms with Crippen LogP contribution in [0.3, 0.4) is 0 Å². The number of carbonyl (C=O) groups is 1. The molecule has 4 rings (SSSR count). The molecule has 0 unspecified atom stereocenters. The van der Waals surface area contributed by atoms with Crippen molar-refractivity contribution >= 4 is 78.5 Å². The summed E-state index contributed by atoms with van der Waals surface area (Å²) in [6, 6.07) is 17.8. The molecule has 0 aliphatic carbocycles. The predicted molar refractivity (Wildman–Crippen MR) is 125 cm³/mol. The number of hydrogen-bond donors (Lipinski definition) is 1. The zero-order valence-electron chi connectivity index (χ0n) is 14.7. The third kappa shape index (κ3) is 3.81. The second-order valence-electron chi connectivity index (χ2n) is 6.32. The predicted octanol–water partition coefficient (Wildman–Crippen LogP) is 7.82. The van der Waals surface area contributed by atoms with Gasteiger partial charge in [-0.05, 0) is 76.5 Å². The van der Waals surface area contributed by atoms with Crippen LogP contribution in [0, 0.1) is 6.92 Å². The van der Waals surface area contributed by atoms with Crippen molar-refractivity contribution in [2.24, 2.45) is 0 Å². The van der Waals surface area contributed by atoms with Gasteiger partial charge < -0.3 is 5.32 Å². The normalized spacial score (nSPS) is 14.3. The highest BCUT2D eigenvalue weighted by Gasteiger charge is 2.29. The molecule has 0 fully saturated rings. The lowest BCUT2D eigenvalue weighted by molar-refractivity contribution is -0.110. The van der Waals surface area contributed by atoms with E-state index in [1.165, 1.54) is 0 Å². The second-order valence-corrected chi connectivity index (χ2v) is 9.58. The number of rotatable bonds is 3. The van der Waals surface area contributed by atoms with Crippen molar-refractivity contribution in [3.8, 4) is 0 Å². The highest BCUT2D eigenvalue weighted by Crippen LogP contribution is 2.44. The summed E-state index contributed by atoms with van der Waals surface area (Å²) in [5.74, 6) is -0.0943. The third-order valence-electron chi connectivity index (χ3n) is 4.49. The Balaban J connectivity index is 1.79. The van der Waals surface area contributed by atoms with E-state index in [4.69, 9.17) is 11.6 Å². The zero-order chi connectivity index (χ0) is 19.8. The number of nitrogens with one attached hydrogen (secondary N) is 1. The minimum absolute atomic E-state index is 0.0943. The van der Waals surface area contributed by atoms with Crippen molar-refractivity contribution in [3.63, 3.8) is 0 Å². The summed E-state index contributed by atoms with van der Waals surface area (Å²) in [4.78, 5) is 14.9. The summed E-state index contributed by atoms with van der Waals surface area (Å²) in [6.07, 6.45) is 1.96. The molecule has 3 aromatic rings. The van der Waals surface area contributed by atoms with Crippen molar-refractivity contribution in [2.75, 3.05) is 5.32 Å². The van der Waals surface area contributed by atoms with Crippen LogP contribution < -0.4 is 5.32 Å². The Morgan fingerprint density at radius 2 is 1.75 bits per heavy atom. The Morgan fingerprint density at radius 3 is 2.50 bits per heavy atom. The first-order valence-corrected chi connectivity index (χ1v) is 11.3. The molecule has 0 saturated carbocycles. The van der Waals surface area contributed by atoms with Crippen LogP contribution in [0.1, 0.15) is 16.7 Å². The molecule has 1 N–H and O–H groups in total. The molecule has 0 radical (unpaired) electrons. The summed E-state index contributed by atoms with van der Waals surface area (Å²) >= 11 is 14.8. The molecule has 0 atom stereocenters. The standard InChI is InChI=1S/C22H14Br2ClNOS/c1-12-17(23)11-18(24)21-20(12)16(22(27)26-21)10-13-4-2-3-5-19(13)28-15-8-6-14(25)7-9-15/h2-11H,1H3,(H,26,27). The van der Waals surface area contributed by atoms with Crippen molar-refractivity contribution in [2.45, 2.75) is 16.7 Å². The largest absolute Gasteiger partial charge is 0.320 e. The van der Waals surface area contributed by atoms with E-state index in [1.54, 1.807) is 11.8 Å². The van der Waals surface area contributed by atoms with Crippen LogP contribution in [0.25, 0.3) is 11.6 Å². The van der Waals surface area contributed by atoms with Crippen molar-refractivity contribution in [1.82, 2.24) is 0 Å². The fourth-order valence-electron chi connectivity index (χ4n) is 3.09. The number of amides is 1. The summed E-state index contributed by atoms with van der Waals surface area (Å²) in [5.41, 5.74) is 4.44. The van der Waals surface area contributed by atoms with Crippen LogP contribution >= 0.6 is 55.2 Å². The maximum Gasteiger partial charge on any atom is 0.256 e. The number of benzene rings is 3. The van der Waals surface area contributed by atoms with Gasteiger partial charge in [-0.3, -0.25) is 4.79 Å². The minimum atomic E-state index is -0.0943. The topological polar surface area (TPSA) is 29.1 Å². The van der Waals surface area contributed by atoms with E-state index in [-0.39, 0.29) is 5.91 Å². The van der Waals surface area contributed by atoms with Gasteiger partial charge in [0, 0.05) is 34.9 Å². The molecular weight excluding hydrogens is 522 g/mol. The molecule has 0 saturated heterocycles. The highest BCUT2D eigenvalue weighted by molar-refractivity contribution is 9.11. The first kappa shape index (κ1) is 19.8. The molecule has 2 nitrogen and oxygen atoms in total. The average molecular weight is 536 g/mol.